The van der Waals surface area contributed by atoms with E-state index in [1.165, 1.54) is 6.42 Å². The van der Waals surface area contributed by atoms with Crippen molar-refractivity contribution in [3.05, 3.63) is 18.2 Å². The molecule has 3 fully saturated rings. The Bertz CT molecular complexity index is 1010. The van der Waals surface area contributed by atoms with Crippen molar-refractivity contribution in [2.75, 3.05) is 26.4 Å². The first-order chi connectivity index (χ1) is 16.3. The van der Waals surface area contributed by atoms with Crippen LogP contribution in [0.4, 0.5) is 4.79 Å². The molecule has 4 atom stereocenters. The summed E-state index contributed by atoms with van der Waals surface area (Å²) < 4.78 is 30.7. The van der Waals surface area contributed by atoms with E-state index in [-0.39, 0.29) is 30.9 Å². The highest BCUT2D eigenvalue weighted by Crippen LogP contribution is 2.38. The maximum Gasteiger partial charge on any atom is 0.407 e. The van der Waals surface area contributed by atoms with Crippen molar-refractivity contribution in [3.8, 4) is 22.9 Å². The summed E-state index contributed by atoms with van der Waals surface area (Å²) in [6, 6.07) is 5.60. The van der Waals surface area contributed by atoms with E-state index >= 15 is 0 Å². The minimum atomic E-state index is -0.460. The monoisotopic (exact) mass is 457 g/mol. The molecule has 1 saturated carbocycles. The molecule has 2 saturated heterocycles. The summed E-state index contributed by atoms with van der Waals surface area (Å²) in [6.45, 7) is 1.68. The van der Waals surface area contributed by atoms with Gasteiger partial charge in [0.05, 0.1) is 13.2 Å². The van der Waals surface area contributed by atoms with E-state index in [4.69, 9.17) is 23.7 Å². The first kappa shape index (κ1) is 20.7. The van der Waals surface area contributed by atoms with Crippen LogP contribution in [0.15, 0.2) is 18.2 Å². The predicted molar refractivity (Wildman–Crippen MR) is 113 cm³/mol. The Morgan fingerprint density at radius 2 is 1.85 bits per heavy atom. The van der Waals surface area contributed by atoms with Crippen molar-refractivity contribution in [2.45, 2.75) is 62.5 Å². The van der Waals surface area contributed by atoms with Gasteiger partial charge in [-0.05, 0) is 41.5 Å². The largest absolute Gasteiger partial charge is 0.486 e. The standard InChI is InChI=1S/C22H27N5O6/c28-22(23-14-4-2-1-3-5-14)33-18-12-32-19-15(11-31-20(18)19)27-21(24-25-26-27)13-6-7-16-17(10-13)30-9-8-29-16/h6-7,10,14-15,18-20H,1-5,8-9,11-12H2,(H,23,28). The van der Waals surface area contributed by atoms with E-state index in [2.05, 4.69) is 20.8 Å². The van der Waals surface area contributed by atoms with Crippen LogP contribution in [-0.4, -0.2) is 77.1 Å². The highest BCUT2D eigenvalue weighted by atomic mass is 16.6. The number of carbonyl (C=O) groups excluding carboxylic acids is 1. The first-order valence-electron chi connectivity index (χ1n) is 11.6. The third-order valence-corrected chi connectivity index (χ3v) is 6.77. The van der Waals surface area contributed by atoms with Crippen LogP contribution in [0.3, 0.4) is 0 Å². The van der Waals surface area contributed by atoms with E-state index < -0.39 is 12.2 Å². The van der Waals surface area contributed by atoms with Crippen LogP contribution in [0.1, 0.15) is 38.1 Å². The molecule has 4 aliphatic rings. The Labute approximate surface area is 190 Å². The second-order valence-electron chi connectivity index (χ2n) is 8.89. The molecule has 11 nitrogen and oxygen atoms in total. The molecule has 2 aromatic rings. The Morgan fingerprint density at radius 1 is 1.03 bits per heavy atom. The molecule has 1 aliphatic carbocycles. The number of nitrogens with one attached hydrogen (secondary N) is 1. The molecule has 11 heteroatoms. The lowest BCUT2D eigenvalue weighted by Gasteiger charge is -2.24. The summed E-state index contributed by atoms with van der Waals surface area (Å²) in [4.78, 5) is 12.4. The second kappa shape index (κ2) is 8.79. The zero-order chi connectivity index (χ0) is 22.2. The lowest BCUT2D eigenvalue weighted by atomic mass is 9.96. The Morgan fingerprint density at radius 3 is 2.73 bits per heavy atom. The van der Waals surface area contributed by atoms with Crippen molar-refractivity contribution < 1.29 is 28.5 Å². The summed E-state index contributed by atoms with van der Waals surface area (Å²) in [7, 11) is 0. The zero-order valence-electron chi connectivity index (χ0n) is 18.2. The summed E-state index contributed by atoms with van der Waals surface area (Å²) in [5.41, 5.74) is 0.811. The van der Waals surface area contributed by atoms with Crippen LogP contribution in [0.5, 0.6) is 11.5 Å². The average molecular weight is 457 g/mol. The van der Waals surface area contributed by atoms with Crippen molar-refractivity contribution >= 4 is 6.09 Å². The van der Waals surface area contributed by atoms with Crippen LogP contribution in [0.2, 0.25) is 0 Å². The normalized spacial score (nSPS) is 29.0. The molecular formula is C22H27N5O6. The maximum atomic E-state index is 12.4. The Balaban J connectivity index is 1.14. The van der Waals surface area contributed by atoms with Gasteiger partial charge >= 0.3 is 6.09 Å². The molecule has 176 valence electrons. The first-order valence-corrected chi connectivity index (χ1v) is 11.6. The molecule has 4 heterocycles. The van der Waals surface area contributed by atoms with Gasteiger partial charge in [0.15, 0.2) is 23.4 Å². The predicted octanol–water partition coefficient (Wildman–Crippen LogP) is 1.88. The van der Waals surface area contributed by atoms with Crippen LogP contribution in [0.25, 0.3) is 11.4 Å². The fourth-order valence-corrected chi connectivity index (χ4v) is 5.13. The van der Waals surface area contributed by atoms with Crippen LogP contribution in [-0.2, 0) is 14.2 Å². The van der Waals surface area contributed by atoms with Crippen molar-refractivity contribution in [2.24, 2.45) is 0 Å². The summed E-state index contributed by atoms with van der Waals surface area (Å²) in [5, 5.41) is 15.3. The maximum absolute atomic E-state index is 12.4. The topological polar surface area (TPSA) is 119 Å². The fraction of sp³-hybridized carbons (Fsp3) is 0.636. The molecule has 4 unspecified atom stereocenters. The number of nitrogens with zero attached hydrogens (tertiary/aromatic N) is 4. The lowest BCUT2D eigenvalue weighted by Crippen LogP contribution is -2.41. The smallest absolute Gasteiger partial charge is 0.407 e. The van der Waals surface area contributed by atoms with Gasteiger partial charge in [0.25, 0.3) is 0 Å². The molecule has 0 radical (unpaired) electrons. The number of hydrogen-bond acceptors (Lipinski definition) is 9. The number of ether oxygens (including phenoxy) is 5. The number of amides is 1. The summed E-state index contributed by atoms with van der Waals surface area (Å²) >= 11 is 0. The average Bonchev–Trinajstić information content (AvgIpc) is 3.57. The number of benzene rings is 1. The molecule has 1 aromatic carbocycles. The molecule has 1 aromatic heterocycles. The summed E-state index contributed by atoms with van der Waals surface area (Å²) in [6.07, 6.45) is 4.00. The zero-order valence-corrected chi connectivity index (χ0v) is 18.2. The van der Waals surface area contributed by atoms with Gasteiger partial charge in [-0.1, -0.05) is 19.3 Å². The molecule has 1 amide bonds. The molecule has 33 heavy (non-hydrogen) atoms. The van der Waals surface area contributed by atoms with Gasteiger partial charge in [0, 0.05) is 11.6 Å². The van der Waals surface area contributed by atoms with E-state index in [0.29, 0.717) is 37.1 Å². The van der Waals surface area contributed by atoms with Gasteiger partial charge in [0.1, 0.15) is 31.5 Å². The van der Waals surface area contributed by atoms with Gasteiger partial charge in [0.2, 0.25) is 0 Å². The van der Waals surface area contributed by atoms with Gasteiger partial charge in [-0.3, -0.25) is 0 Å². The number of aromatic nitrogens is 4. The highest BCUT2D eigenvalue weighted by molar-refractivity contribution is 5.68. The number of alkyl carbamates (subject to hydrolysis) is 1. The number of fused-ring (bicyclic) bond motifs is 2. The quantitative estimate of drug-likeness (QED) is 0.734. The third kappa shape index (κ3) is 3.99. The van der Waals surface area contributed by atoms with Crippen molar-refractivity contribution in [1.29, 1.82) is 0 Å². The molecule has 0 spiro atoms. The van der Waals surface area contributed by atoms with E-state index in [9.17, 15) is 4.79 Å². The highest BCUT2D eigenvalue weighted by Gasteiger charge is 2.51. The van der Waals surface area contributed by atoms with Gasteiger partial charge in [-0.25, -0.2) is 9.48 Å². The van der Waals surface area contributed by atoms with Crippen LogP contribution in [0, 0.1) is 0 Å². The number of carbonyl (C=O) groups is 1. The van der Waals surface area contributed by atoms with Crippen molar-refractivity contribution in [3.63, 3.8) is 0 Å². The Hall–Kier alpha value is -2.92. The number of tetrazole rings is 1. The van der Waals surface area contributed by atoms with Crippen LogP contribution >= 0.6 is 0 Å². The molecule has 3 aliphatic heterocycles. The third-order valence-electron chi connectivity index (χ3n) is 6.77. The second-order valence-corrected chi connectivity index (χ2v) is 8.89. The van der Waals surface area contributed by atoms with Gasteiger partial charge in [-0.15, -0.1) is 5.10 Å². The number of rotatable bonds is 4. The molecular weight excluding hydrogens is 430 g/mol. The summed E-state index contributed by atoms with van der Waals surface area (Å²) in [5.74, 6) is 1.96. The minimum absolute atomic E-state index is 0.191. The van der Waals surface area contributed by atoms with Gasteiger partial charge in [-0.2, -0.15) is 0 Å². The minimum Gasteiger partial charge on any atom is -0.486 e. The lowest BCUT2D eigenvalue weighted by molar-refractivity contribution is 0.00174. The molecule has 1 N–H and O–H groups in total. The van der Waals surface area contributed by atoms with E-state index in [1.807, 2.05) is 18.2 Å². The number of hydrogen-bond donors (Lipinski definition) is 1. The van der Waals surface area contributed by atoms with Crippen molar-refractivity contribution in [1.82, 2.24) is 25.5 Å². The van der Waals surface area contributed by atoms with Gasteiger partial charge < -0.3 is 29.0 Å². The molecule has 0 bridgehead atoms. The van der Waals surface area contributed by atoms with E-state index in [0.717, 1.165) is 31.2 Å². The SMILES string of the molecule is O=C(NC1CCCCC1)OC1COC2C1OCC2n1nnnc1-c1ccc2c(c1)OCCO2. The fourth-order valence-electron chi connectivity index (χ4n) is 5.13. The Kier molecular flexibility index (Phi) is 5.50. The van der Waals surface area contributed by atoms with E-state index in [1.54, 1.807) is 4.68 Å². The van der Waals surface area contributed by atoms with Crippen LogP contribution < -0.4 is 14.8 Å². The molecule has 6 rings (SSSR count).